The van der Waals surface area contributed by atoms with Crippen molar-refractivity contribution in [1.29, 1.82) is 0 Å². The Labute approximate surface area is 163 Å². The van der Waals surface area contributed by atoms with Crippen LogP contribution in [0.1, 0.15) is 34.8 Å². The molecule has 2 rings (SSSR count). The molecule has 2 aromatic carbocycles. The molecule has 27 heavy (non-hydrogen) atoms. The molecule has 0 heterocycles. The maximum atomic E-state index is 14.9. The van der Waals surface area contributed by atoms with Crippen LogP contribution in [0.2, 0.25) is 5.02 Å². The highest BCUT2D eigenvalue weighted by Gasteiger charge is 2.21. The highest BCUT2D eigenvalue weighted by atomic mass is 35.5. The SMILES string of the molecule is CC(CC(=O)NCCN)NCc1ccc(Cl)c(C(=O)c2ccccc2)c1F. The fourth-order valence-electron chi connectivity index (χ4n) is 2.59. The molecule has 144 valence electrons. The van der Waals surface area contributed by atoms with Crippen LogP contribution in [0.3, 0.4) is 0 Å². The highest BCUT2D eigenvalue weighted by molar-refractivity contribution is 6.35. The van der Waals surface area contributed by atoms with Gasteiger partial charge in [0.05, 0.1) is 10.6 Å². The molecule has 1 unspecified atom stereocenters. The summed E-state index contributed by atoms with van der Waals surface area (Å²) in [6.45, 7) is 2.79. The second-order valence-electron chi connectivity index (χ2n) is 6.22. The Bertz CT molecular complexity index is 799. The normalized spacial score (nSPS) is 11.9. The average Bonchev–Trinajstić information content (AvgIpc) is 2.66. The van der Waals surface area contributed by atoms with Gasteiger partial charge in [-0.2, -0.15) is 0 Å². The number of rotatable bonds is 9. The summed E-state index contributed by atoms with van der Waals surface area (Å²) >= 11 is 6.08. The Balaban J connectivity index is 2.08. The third-order valence-corrected chi connectivity index (χ3v) is 4.35. The first kappa shape index (κ1) is 21.0. The van der Waals surface area contributed by atoms with Gasteiger partial charge in [0.2, 0.25) is 5.91 Å². The molecule has 5 nitrogen and oxygen atoms in total. The second kappa shape index (κ2) is 10.2. The minimum atomic E-state index is -0.649. The van der Waals surface area contributed by atoms with Crippen LogP contribution in [0.15, 0.2) is 42.5 Å². The molecule has 0 spiro atoms. The molecule has 0 aliphatic heterocycles. The number of hydrogen-bond donors (Lipinski definition) is 3. The van der Waals surface area contributed by atoms with Gasteiger partial charge in [-0.25, -0.2) is 4.39 Å². The summed E-state index contributed by atoms with van der Waals surface area (Å²) in [5.41, 5.74) is 5.88. The predicted molar refractivity (Wildman–Crippen MR) is 104 cm³/mol. The molecule has 0 saturated carbocycles. The van der Waals surface area contributed by atoms with Gasteiger partial charge in [0.15, 0.2) is 5.78 Å². The first-order chi connectivity index (χ1) is 12.9. The summed E-state index contributed by atoms with van der Waals surface area (Å²) < 4.78 is 14.9. The minimum Gasteiger partial charge on any atom is -0.355 e. The molecular weight excluding hydrogens is 369 g/mol. The highest BCUT2D eigenvalue weighted by Crippen LogP contribution is 2.25. The zero-order chi connectivity index (χ0) is 19.8. The summed E-state index contributed by atoms with van der Waals surface area (Å²) in [7, 11) is 0. The lowest BCUT2D eigenvalue weighted by Gasteiger charge is -2.15. The van der Waals surface area contributed by atoms with E-state index in [4.69, 9.17) is 17.3 Å². The van der Waals surface area contributed by atoms with E-state index < -0.39 is 11.6 Å². The Morgan fingerprint density at radius 2 is 1.89 bits per heavy atom. The first-order valence-corrected chi connectivity index (χ1v) is 9.08. The lowest BCUT2D eigenvalue weighted by atomic mass is 10.00. The molecule has 4 N–H and O–H groups in total. The van der Waals surface area contributed by atoms with E-state index in [1.807, 2.05) is 6.92 Å². The Kier molecular flexibility index (Phi) is 7.91. The van der Waals surface area contributed by atoms with E-state index >= 15 is 0 Å². The molecule has 2 aromatic rings. The van der Waals surface area contributed by atoms with Gasteiger partial charge < -0.3 is 16.4 Å². The average molecular weight is 392 g/mol. The fourth-order valence-corrected chi connectivity index (χ4v) is 2.82. The van der Waals surface area contributed by atoms with E-state index in [-0.39, 0.29) is 35.5 Å². The van der Waals surface area contributed by atoms with Crippen molar-refractivity contribution >= 4 is 23.3 Å². The number of hydrogen-bond acceptors (Lipinski definition) is 4. The molecule has 7 heteroatoms. The largest absolute Gasteiger partial charge is 0.355 e. The molecule has 0 radical (unpaired) electrons. The summed E-state index contributed by atoms with van der Waals surface area (Å²) in [5, 5.41) is 5.84. The molecule has 1 atom stereocenters. The van der Waals surface area contributed by atoms with Gasteiger partial charge >= 0.3 is 0 Å². The van der Waals surface area contributed by atoms with Crippen molar-refractivity contribution in [3.05, 3.63) is 70.0 Å². The summed E-state index contributed by atoms with van der Waals surface area (Å²) in [4.78, 5) is 24.3. The van der Waals surface area contributed by atoms with Crippen molar-refractivity contribution < 1.29 is 14.0 Å². The maximum Gasteiger partial charge on any atom is 0.221 e. The number of amides is 1. The van der Waals surface area contributed by atoms with Crippen LogP contribution in [0.25, 0.3) is 0 Å². The molecule has 0 aliphatic carbocycles. The number of halogens is 2. The number of carbonyl (C=O) groups excluding carboxylic acids is 2. The van der Waals surface area contributed by atoms with E-state index in [0.717, 1.165) is 0 Å². The van der Waals surface area contributed by atoms with E-state index in [1.165, 1.54) is 12.1 Å². The third kappa shape index (κ3) is 5.85. The van der Waals surface area contributed by atoms with Crippen molar-refractivity contribution in [3.63, 3.8) is 0 Å². The molecular formula is C20H23ClFN3O2. The van der Waals surface area contributed by atoms with Gasteiger partial charge in [0, 0.05) is 43.2 Å². The smallest absolute Gasteiger partial charge is 0.221 e. The predicted octanol–water partition coefficient (Wildman–Crippen LogP) is 2.65. The van der Waals surface area contributed by atoms with Crippen molar-refractivity contribution in [2.75, 3.05) is 13.1 Å². The van der Waals surface area contributed by atoms with Crippen LogP contribution in [-0.4, -0.2) is 30.8 Å². The van der Waals surface area contributed by atoms with Gasteiger partial charge in [-0.1, -0.05) is 48.0 Å². The van der Waals surface area contributed by atoms with Crippen LogP contribution in [0.4, 0.5) is 4.39 Å². The van der Waals surface area contributed by atoms with Crippen LogP contribution < -0.4 is 16.4 Å². The van der Waals surface area contributed by atoms with Gasteiger partial charge in [0.25, 0.3) is 0 Å². The summed E-state index contributed by atoms with van der Waals surface area (Å²) in [5.74, 6) is -1.24. The first-order valence-electron chi connectivity index (χ1n) is 8.70. The van der Waals surface area contributed by atoms with Gasteiger partial charge in [-0.15, -0.1) is 0 Å². The third-order valence-electron chi connectivity index (χ3n) is 4.03. The maximum absolute atomic E-state index is 14.9. The van der Waals surface area contributed by atoms with Crippen LogP contribution >= 0.6 is 11.6 Å². The molecule has 1 amide bonds. The fraction of sp³-hybridized carbons (Fsp3) is 0.300. The second-order valence-corrected chi connectivity index (χ2v) is 6.62. The Morgan fingerprint density at radius 1 is 1.19 bits per heavy atom. The molecule has 0 fully saturated rings. The number of carbonyl (C=O) groups is 2. The van der Waals surface area contributed by atoms with Gasteiger partial charge in [-0.3, -0.25) is 9.59 Å². The van der Waals surface area contributed by atoms with Crippen molar-refractivity contribution in [1.82, 2.24) is 10.6 Å². The lowest BCUT2D eigenvalue weighted by Crippen LogP contribution is -2.35. The lowest BCUT2D eigenvalue weighted by molar-refractivity contribution is -0.121. The zero-order valence-electron chi connectivity index (χ0n) is 15.1. The van der Waals surface area contributed by atoms with Gasteiger partial charge in [0.1, 0.15) is 5.82 Å². The minimum absolute atomic E-state index is 0.0688. The molecule has 0 aliphatic rings. The number of ketones is 1. The van der Waals surface area contributed by atoms with E-state index in [0.29, 0.717) is 24.2 Å². The number of benzene rings is 2. The molecule has 0 saturated heterocycles. The topological polar surface area (TPSA) is 84.2 Å². The monoisotopic (exact) mass is 391 g/mol. The van der Waals surface area contributed by atoms with Crippen LogP contribution in [0.5, 0.6) is 0 Å². The number of nitrogens with two attached hydrogens (primary N) is 1. The van der Waals surface area contributed by atoms with Crippen molar-refractivity contribution in [2.45, 2.75) is 25.9 Å². The van der Waals surface area contributed by atoms with Crippen molar-refractivity contribution in [2.24, 2.45) is 5.73 Å². The summed E-state index contributed by atoms with van der Waals surface area (Å²) in [6, 6.07) is 11.3. The van der Waals surface area contributed by atoms with Gasteiger partial charge in [-0.05, 0) is 13.0 Å². The van der Waals surface area contributed by atoms with Crippen LogP contribution in [0, 0.1) is 5.82 Å². The molecule has 0 aromatic heterocycles. The van der Waals surface area contributed by atoms with E-state index in [9.17, 15) is 14.0 Å². The summed E-state index contributed by atoms with van der Waals surface area (Å²) in [6.07, 6.45) is 0.241. The quantitative estimate of drug-likeness (QED) is 0.574. The number of nitrogens with one attached hydrogen (secondary N) is 2. The van der Waals surface area contributed by atoms with Crippen molar-refractivity contribution in [3.8, 4) is 0 Å². The van der Waals surface area contributed by atoms with E-state index in [2.05, 4.69) is 10.6 Å². The standard InChI is InChI=1S/C20H23ClFN3O2/c1-13(11-17(26)24-10-9-23)25-12-15-7-8-16(21)18(19(15)22)20(27)14-5-3-2-4-6-14/h2-8,13,25H,9-12,23H2,1H3,(H,24,26). The zero-order valence-corrected chi connectivity index (χ0v) is 15.9. The Morgan fingerprint density at radius 3 is 2.56 bits per heavy atom. The van der Waals surface area contributed by atoms with Crippen LogP contribution in [-0.2, 0) is 11.3 Å². The molecule has 0 bridgehead atoms. The van der Waals surface area contributed by atoms with E-state index in [1.54, 1.807) is 30.3 Å². The Hall–Kier alpha value is -2.28.